The number of carbonyl (C=O) groups is 1. The molecule has 2 atom stereocenters. The van der Waals surface area contributed by atoms with Crippen LogP contribution >= 0.6 is 0 Å². The molecule has 0 bridgehead atoms. The molecule has 0 radical (unpaired) electrons. The fourth-order valence-corrected chi connectivity index (χ4v) is 2.14. The lowest BCUT2D eigenvalue weighted by Gasteiger charge is -2.05. The summed E-state index contributed by atoms with van der Waals surface area (Å²) in [6.45, 7) is 7.14. The van der Waals surface area contributed by atoms with Crippen molar-refractivity contribution < 1.29 is 9.69 Å². The number of rotatable bonds is 5. The molecule has 1 unspecified atom stereocenters. The van der Waals surface area contributed by atoms with E-state index in [0.717, 1.165) is 18.7 Å². The first-order valence-corrected chi connectivity index (χ1v) is 6.33. The van der Waals surface area contributed by atoms with Gasteiger partial charge in [-0.1, -0.05) is 44.2 Å². The van der Waals surface area contributed by atoms with Gasteiger partial charge in [-0.05, 0) is 5.56 Å². The number of amides is 1. The molecule has 3 nitrogen and oxygen atoms in total. The quantitative estimate of drug-likeness (QED) is 0.701. The van der Waals surface area contributed by atoms with E-state index in [1.807, 2.05) is 30.3 Å². The predicted octanol–water partition coefficient (Wildman–Crippen LogP) is 0.226. The van der Waals surface area contributed by atoms with Gasteiger partial charge in [0.05, 0.1) is 6.54 Å². The van der Waals surface area contributed by atoms with Crippen LogP contribution in [0.2, 0.25) is 0 Å². The maximum Gasteiger partial charge on any atom is 0.284 e. The Bertz CT molecular complexity index is 375. The van der Waals surface area contributed by atoms with Crippen molar-refractivity contribution in [1.29, 1.82) is 0 Å². The van der Waals surface area contributed by atoms with Gasteiger partial charge in [0.2, 0.25) is 6.04 Å². The average Bonchev–Trinajstić information content (AvgIpc) is 3.06. The number of carbonyl (C=O) groups excluding carboxylic acids is 1. The molecular formula is C14H21N2O+. The van der Waals surface area contributed by atoms with Gasteiger partial charge in [0.15, 0.2) is 0 Å². The molecule has 1 amide bonds. The molecular weight excluding hydrogens is 212 g/mol. The lowest BCUT2D eigenvalue weighted by atomic mass is 10.2. The molecule has 2 N–H and O–H groups in total. The van der Waals surface area contributed by atoms with E-state index in [1.165, 1.54) is 4.90 Å². The van der Waals surface area contributed by atoms with E-state index in [9.17, 15) is 4.79 Å². The van der Waals surface area contributed by atoms with Crippen molar-refractivity contribution in [1.82, 2.24) is 5.32 Å². The summed E-state index contributed by atoms with van der Waals surface area (Å²) in [6, 6.07) is 10.2. The molecule has 0 saturated carbocycles. The summed E-state index contributed by atoms with van der Waals surface area (Å²) in [7, 11) is 0. The number of benzene rings is 1. The summed E-state index contributed by atoms with van der Waals surface area (Å²) in [5.74, 6) is 0.862. The van der Waals surface area contributed by atoms with Crippen molar-refractivity contribution in [2.75, 3.05) is 13.1 Å². The third-order valence-electron chi connectivity index (χ3n) is 3.10. The van der Waals surface area contributed by atoms with Gasteiger partial charge in [0.1, 0.15) is 6.54 Å². The minimum atomic E-state index is 0.195. The zero-order valence-electron chi connectivity index (χ0n) is 10.6. The highest BCUT2D eigenvalue weighted by Gasteiger charge is 2.46. The molecule has 1 aromatic carbocycles. The van der Waals surface area contributed by atoms with Crippen LogP contribution in [0.3, 0.4) is 0 Å². The first kappa shape index (κ1) is 12.1. The molecule has 17 heavy (non-hydrogen) atoms. The van der Waals surface area contributed by atoms with Crippen LogP contribution in [0.15, 0.2) is 30.3 Å². The monoisotopic (exact) mass is 233 g/mol. The summed E-state index contributed by atoms with van der Waals surface area (Å²) in [5, 5.41) is 3.00. The van der Waals surface area contributed by atoms with Gasteiger partial charge in [-0.15, -0.1) is 0 Å². The Morgan fingerprint density at radius 1 is 1.41 bits per heavy atom. The molecule has 3 heteroatoms. The van der Waals surface area contributed by atoms with Gasteiger partial charge in [-0.2, -0.15) is 0 Å². The van der Waals surface area contributed by atoms with Crippen LogP contribution in [0.1, 0.15) is 19.4 Å². The maximum atomic E-state index is 11.8. The fraction of sp³-hybridized carbons (Fsp3) is 0.500. The Balaban J connectivity index is 1.73. The normalized spacial score (nSPS) is 22.5. The van der Waals surface area contributed by atoms with Crippen molar-refractivity contribution in [3.63, 3.8) is 0 Å². The Labute approximate surface area is 103 Å². The van der Waals surface area contributed by atoms with E-state index in [2.05, 4.69) is 19.2 Å². The second kappa shape index (κ2) is 5.32. The van der Waals surface area contributed by atoms with E-state index >= 15 is 0 Å². The van der Waals surface area contributed by atoms with Gasteiger partial charge < -0.3 is 10.2 Å². The Morgan fingerprint density at radius 3 is 2.76 bits per heavy atom. The van der Waals surface area contributed by atoms with E-state index in [0.29, 0.717) is 12.5 Å². The van der Waals surface area contributed by atoms with E-state index in [4.69, 9.17) is 0 Å². The molecule has 0 aliphatic carbocycles. The molecule has 1 heterocycles. The van der Waals surface area contributed by atoms with Gasteiger partial charge in [0.25, 0.3) is 5.91 Å². The maximum absolute atomic E-state index is 11.8. The fourth-order valence-electron chi connectivity index (χ4n) is 2.14. The summed E-state index contributed by atoms with van der Waals surface area (Å²) in [5.41, 5.74) is 1.16. The highest BCUT2D eigenvalue weighted by molar-refractivity contribution is 5.82. The van der Waals surface area contributed by atoms with E-state index in [1.54, 1.807) is 0 Å². The zero-order chi connectivity index (χ0) is 12.3. The first-order valence-electron chi connectivity index (χ1n) is 6.33. The van der Waals surface area contributed by atoms with Crippen LogP contribution in [0, 0.1) is 5.92 Å². The van der Waals surface area contributed by atoms with Gasteiger partial charge in [0, 0.05) is 12.5 Å². The van der Waals surface area contributed by atoms with Crippen LogP contribution in [0.5, 0.6) is 0 Å². The lowest BCUT2D eigenvalue weighted by molar-refractivity contribution is -0.772. The Morgan fingerprint density at radius 2 is 2.12 bits per heavy atom. The summed E-state index contributed by atoms with van der Waals surface area (Å²) >= 11 is 0. The van der Waals surface area contributed by atoms with Crippen LogP contribution in [-0.2, 0) is 11.3 Å². The summed E-state index contributed by atoms with van der Waals surface area (Å²) in [6.07, 6.45) is 0. The van der Waals surface area contributed by atoms with E-state index < -0.39 is 0 Å². The molecule has 0 spiro atoms. The smallest absolute Gasteiger partial charge is 0.284 e. The van der Waals surface area contributed by atoms with Gasteiger partial charge in [-0.3, -0.25) is 4.79 Å². The molecule has 1 aromatic rings. The number of quaternary nitrogens is 1. The minimum absolute atomic E-state index is 0.195. The Kier molecular flexibility index (Phi) is 3.79. The minimum Gasteiger partial charge on any atom is -0.347 e. The van der Waals surface area contributed by atoms with E-state index in [-0.39, 0.29) is 11.9 Å². The number of hydrogen-bond donors (Lipinski definition) is 2. The number of nitrogens with one attached hydrogen (secondary N) is 2. The third-order valence-corrected chi connectivity index (χ3v) is 3.10. The standard InChI is InChI=1S/C14H20N2O/c1-11(2)9-16-10-13(16)14(17)15-8-12-6-4-3-5-7-12/h3-7,11,13H,8-10H2,1-2H3,(H,15,17)/p+1/t13-,16?/m0/s1. The van der Waals surface area contributed by atoms with Crippen molar-refractivity contribution in [2.45, 2.75) is 26.4 Å². The predicted molar refractivity (Wildman–Crippen MR) is 67.6 cm³/mol. The van der Waals surface area contributed by atoms with Crippen LogP contribution < -0.4 is 10.2 Å². The van der Waals surface area contributed by atoms with Gasteiger partial charge in [-0.25, -0.2) is 0 Å². The second-order valence-corrected chi connectivity index (χ2v) is 5.22. The SMILES string of the molecule is CC(C)C[NH+]1C[C@H]1C(=O)NCc1ccccc1. The Hall–Kier alpha value is -1.35. The van der Waals surface area contributed by atoms with Crippen LogP contribution in [0.25, 0.3) is 0 Å². The second-order valence-electron chi connectivity index (χ2n) is 5.22. The average molecular weight is 233 g/mol. The molecule has 1 aliphatic rings. The van der Waals surface area contributed by atoms with Crippen molar-refractivity contribution in [3.05, 3.63) is 35.9 Å². The number of hydrogen-bond acceptors (Lipinski definition) is 1. The summed E-state index contributed by atoms with van der Waals surface area (Å²) in [4.78, 5) is 13.3. The molecule has 1 aliphatic heterocycles. The van der Waals surface area contributed by atoms with Gasteiger partial charge >= 0.3 is 0 Å². The molecule has 92 valence electrons. The highest BCUT2D eigenvalue weighted by Crippen LogP contribution is 1.99. The van der Waals surface area contributed by atoms with Crippen molar-refractivity contribution in [2.24, 2.45) is 5.92 Å². The summed E-state index contributed by atoms with van der Waals surface area (Å²) < 4.78 is 0. The molecule has 1 fully saturated rings. The molecule has 1 saturated heterocycles. The van der Waals surface area contributed by atoms with Crippen molar-refractivity contribution >= 4 is 5.91 Å². The van der Waals surface area contributed by atoms with Crippen LogP contribution in [0.4, 0.5) is 0 Å². The lowest BCUT2D eigenvalue weighted by Crippen LogP contribution is -2.96. The highest BCUT2D eigenvalue weighted by atomic mass is 16.2. The first-order chi connectivity index (χ1) is 8.16. The van der Waals surface area contributed by atoms with Crippen molar-refractivity contribution in [3.8, 4) is 0 Å². The topological polar surface area (TPSA) is 33.5 Å². The van der Waals surface area contributed by atoms with Crippen LogP contribution in [-0.4, -0.2) is 25.0 Å². The molecule has 0 aromatic heterocycles. The molecule has 2 rings (SSSR count). The third kappa shape index (κ3) is 3.56. The largest absolute Gasteiger partial charge is 0.347 e. The zero-order valence-corrected chi connectivity index (χ0v) is 10.6.